The molecule has 0 saturated heterocycles. The Bertz CT molecular complexity index is 451. The predicted octanol–water partition coefficient (Wildman–Crippen LogP) is 2.32. The van der Waals surface area contributed by atoms with Crippen molar-refractivity contribution in [1.29, 1.82) is 0 Å². The zero-order valence-electron chi connectivity index (χ0n) is 8.67. The fourth-order valence-electron chi connectivity index (χ4n) is 2.03. The second kappa shape index (κ2) is 3.68. The number of aliphatic hydroxyl groups is 1. The molecule has 0 saturated carbocycles. The summed E-state index contributed by atoms with van der Waals surface area (Å²) in [5, 5.41) is 10.1. The molecule has 1 N–H and O–H groups in total. The van der Waals surface area contributed by atoms with Crippen LogP contribution in [0, 0.1) is 0 Å². The Hall–Kier alpha value is -1.74. The summed E-state index contributed by atoms with van der Waals surface area (Å²) in [6, 6.07) is 11.4. The van der Waals surface area contributed by atoms with Gasteiger partial charge in [-0.1, -0.05) is 18.2 Å². The molecule has 0 radical (unpaired) electrons. The van der Waals surface area contributed by atoms with E-state index >= 15 is 0 Å². The first-order valence-corrected chi connectivity index (χ1v) is 5.30. The van der Waals surface area contributed by atoms with Gasteiger partial charge in [0.05, 0.1) is 6.26 Å². The minimum Gasteiger partial charge on any atom is -0.487 e. The van der Waals surface area contributed by atoms with Gasteiger partial charge in [-0.15, -0.1) is 0 Å². The summed E-state index contributed by atoms with van der Waals surface area (Å²) in [6.45, 7) is 0. The Balaban J connectivity index is 1.81. The van der Waals surface area contributed by atoms with Gasteiger partial charge in [-0.2, -0.15) is 0 Å². The third kappa shape index (κ3) is 1.49. The van der Waals surface area contributed by atoms with Gasteiger partial charge in [0, 0.05) is 6.42 Å². The third-order valence-corrected chi connectivity index (χ3v) is 2.86. The summed E-state index contributed by atoms with van der Waals surface area (Å²) < 4.78 is 10.9. The topological polar surface area (TPSA) is 42.6 Å². The first kappa shape index (κ1) is 9.48. The monoisotopic (exact) mass is 216 g/mol. The Morgan fingerprint density at radius 3 is 2.81 bits per heavy atom. The van der Waals surface area contributed by atoms with Crippen molar-refractivity contribution in [2.75, 3.05) is 0 Å². The number of fused-ring (bicyclic) bond motifs is 1. The molecule has 2 aromatic rings. The maximum atomic E-state index is 10.1. The van der Waals surface area contributed by atoms with Crippen LogP contribution in [-0.4, -0.2) is 11.2 Å². The van der Waals surface area contributed by atoms with E-state index < -0.39 is 6.10 Å². The molecule has 0 amide bonds. The lowest BCUT2D eigenvalue weighted by molar-refractivity contribution is 0.0340. The Morgan fingerprint density at radius 1 is 1.19 bits per heavy atom. The van der Waals surface area contributed by atoms with Crippen LogP contribution in [0.3, 0.4) is 0 Å². The van der Waals surface area contributed by atoms with Crippen molar-refractivity contribution < 1.29 is 14.3 Å². The molecule has 2 heterocycles. The second-order valence-corrected chi connectivity index (χ2v) is 3.93. The Kier molecular flexibility index (Phi) is 2.18. The first-order valence-electron chi connectivity index (χ1n) is 5.30. The van der Waals surface area contributed by atoms with Crippen molar-refractivity contribution in [3.05, 3.63) is 54.0 Å². The highest BCUT2D eigenvalue weighted by Crippen LogP contribution is 2.33. The van der Waals surface area contributed by atoms with Gasteiger partial charge in [0.2, 0.25) is 0 Å². The van der Waals surface area contributed by atoms with Gasteiger partial charge in [-0.3, -0.25) is 0 Å². The van der Waals surface area contributed by atoms with Crippen LogP contribution in [0.5, 0.6) is 5.75 Å². The molecular formula is C13H12O3. The lowest BCUT2D eigenvalue weighted by Crippen LogP contribution is -2.22. The van der Waals surface area contributed by atoms with Crippen LogP contribution in [0.25, 0.3) is 0 Å². The van der Waals surface area contributed by atoms with Crippen LogP contribution in [0.4, 0.5) is 0 Å². The summed E-state index contributed by atoms with van der Waals surface area (Å²) >= 11 is 0. The van der Waals surface area contributed by atoms with Crippen molar-refractivity contribution in [1.82, 2.24) is 0 Å². The van der Waals surface area contributed by atoms with E-state index in [0.29, 0.717) is 5.76 Å². The number of hydrogen-bond donors (Lipinski definition) is 1. The van der Waals surface area contributed by atoms with Gasteiger partial charge in [0.25, 0.3) is 0 Å². The molecule has 2 unspecified atom stereocenters. The Labute approximate surface area is 93.3 Å². The molecule has 1 aliphatic heterocycles. The van der Waals surface area contributed by atoms with Gasteiger partial charge in [0.15, 0.2) is 0 Å². The Morgan fingerprint density at radius 2 is 2.06 bits per heavy atom. The number of para-hydroxylation sites is 1. The van der Waals surface area contributed by atoms with E-state index in [9.17, 15) is 5.11 Å². The van der Waals surface area contributed by atoms with Crippen molar-refractivity contribution in [2.45, 2.75) is 18.6 Å². The molecular weight excluding hydrogens is 204 g/mol. The lowest BCUT2D eigenvalue weighted by atomic mass is 10.1. The highest BCUT2D eigenvalue weighted by molar-refractivity contribution is 5.37. The number of benzene rings is 1. The van der Waals surface area contributed by atoms with Crippen LogP contribution in [0.2, 0.25) is 0 Å². The summed E-state index contributed by atoms with van der Waals surface area (Å²) in [5.41, 5.74) is 1.14. The number of rotatable bonds is 2. The van der Waals surface area contributed by atoms with E-state index in [1.165, 1.54) is 0 Å². The number of hydrogen-bond acceptors (Lipinski definition) is 3. The van der Waals surface area contributed by atoms with E-state index in [1.54, 1.807) is 18.4 Å². The molecule has 16 heavy (non-hydrogen) atoms. The molecule has 0 aliphatic carbocycles. The average molecular weight is 216 g/mol. The molecule has 3 rings (SSSR count). The van der Waals surface area contributed by atoms with Crippen molar-refractivity contribution in [3.8, 4) is 5.75 Å². The summed E-state index contributed by atoms with van der Waals surface area (Å²) in [7, 11) is 0. The molecule has 3 nitrogen and oxygen atoms in total. The smallest absolute Gasteiger partial charge is 0.149 e. The van der Waals surface area contributed by atoms with E-state index in [2.05, 4.69) is 0 Å². The summed E-state index contributed by atoms with van der Waals surface area (Å²) in [4.78, 5) is 0. The van der Waals surface area contributed by atoms with E-state index in [4.69, 9.17) is 9.15 Å². The minimum absolute atomic E-state index is 0.247. The third-order valence-electron chi connectivity index (χ3n) is 2.86. The normalized spacial score (nSPS) is 20.2. The quantitative estimate of drug-likeness (QED) is 0.837. The largest absolute Gasteiger partial charge is 0.487 e. The molecule has 2 atom stereocenters. The molecule has 0 bridgehead atoms. The zero-order valence-corrected chi connectivity index (χ0v) is 8.67. The first-order chi connectivity index (χ1) is 7.84. The second-order valence-electron chi connectivity index (χ2n) is 3.93. The fourth-order valence-corrected chi connectivity index (χ4v) is 2.03. The van der Waals surface area contributed by atoms with Gasteiger partial charge in [0.1, 0.15) is 23.7 Å². The molecule has 1 aromatic heterocycles. The molecule has 0 spiro atoms. The molecule has 0 fully saturated rings. The summed E-state index contributed by atoms with van der Waals surface area (Å²) in [5.74, 6) is 1.41. The standard InChI is InChI=1S/C13H12O3/c14-13(11-6-3-7-15-11)12-8-9-4-1-2-5-10(9)16-12/h1-7,12-14H,8H2. The van der Waals surface area contributed by atoms with Gasteiger partial charge in [-0.05, 0) is 23.8 Å². The van der Waals surface area contributed by atoms with Crippen molar-refractivity contribution in [3.63, 3.8) is 0 Å². The van der Waals surface area contributed by atoms with Crippen LogP contribution in [-0.2, 0) is 6.42 Å². The highest BCUT2D eigenvalue weighted by atomic mass is 16.5. The van der Waals surface area contributed by atoms with Crippen molar-refractivity contribution >= 4 is 0 Å². The number of furan rings is 1. The van der Waals surface area contributed by atoms with Crippen LogP contribution in [0.1, 0.15) is 17.4 Å². The predicted molar refractivity (Wildman–Crippen MR) is 58.2 cm³/mol. The molecule has 82 valence electrons. The van der Waals surface area contributed by atoms with Crippen molar-refractivity contribution in [2.24, 2.45) is 0 Å². The van der Waals surface area contributed by atoms with E-state index in [-0.39, 0.29) is 6.10 Å². The number of aliphatic hydroxyl groups excluding tert-OH is 1. The van der Waals surface area contributed by atoms with Crippen LogP contribution in [0.15, 0.2) is 47.1 Å². The van der Waals surface area contributed by atoms with Gasteiger partial charge in [-0.25, -0.2) is 0 Å². The SMILES string of the molecule is OC(c1ccco1)C1Cc2ccccc2O1. The average Bonchev–Trinajstić information content (AvgIpc) is 2.97. The van der Waals surface area contributed by atoms with Gasteiger partial charge < -0.3 is 14.3 Å². The van der Waals surface area contributed by atoms with Gasteiger partial charge >= 0.3 is 0 Å². The number of ether oxygens (including phenoxy) is 1. The fraction of sp³-hybridized carbons (Fsp3) is 0.231. The van der Waals surface area contributed by atoms with Crippen LogP contribution < -0.4 is 4.74 Å². The van der Waals surface area contributed by atoms with E-state index in [0.717, 1.165) is 17.7 Å². The molecule has 3 heteroatoms. The summed E-state index contributed by atoms with van der Waals surface area (Å²) in [6.07, 6.45) is 1.32. The molecule has 1 aliphatic rings. The lowest BCUT2D eigenvalue weighted by Gasteiger charge is -2.15. The maximum Gasteiger partial charge on any atom is 0.149 e. The maximum absolute atomic E-state index is 10.1. The van der Waals surface area contributed by atoms with E-state index in [1.807, 2.05) is 24.3 Å². The minimum atomic E-state index is -0.706. The highest BCUT2D eigenvalue weighted by Gasteiger charge is 2.31. The molecule has 1 aromatic carbocycles. The van der Waals surface area contributed by atoms with Crippen LogP contribution >= 0.6 is 0 Å². The zero-order chi connectivity index (χ0) is 11.0.